The van der Waals surface area contributed by atoms with E-state index < -0.39 is 0 Å². The number of anilines is 1. The average molecular weight is 241 g/mol. The Hall–Kier alpha value is -2.07. The molecule has 0 aliphatic rings. The van der Waals surface area contributed by atoms with Crippen molar-refractivity contribution in [3.63, 3.8) is 0 Å². The van der Waals surface area contributed by atoms with Gasteiger partial charge in [-0.2, -0.15) is 11.3 Å². The van der Waals surface area contributed by atoms with E-state index in [1.165, 1.54) is 5.56 Å². The molecule has 0 unspecified atom stereocenters. The topological polar surface area (TPSA) is 43.8 Å². The molecule has 0 amide bonds. The first-order chi connectivity index (χ1) is 8.34. The van der Waals surface area contributed by atoms with E-state index in [9.17, 15) is 0 Å². The summed E-state index contributed by atoms with van der Waals surface area (Å²) in [5, 5.41) is 4.17. The Balaban J connectivity index is 2.14. The highest BCUT2D eigenvalue weighted by atomic mass is 32.1. The monoisotopic (exact) mass is 241 g/mol. The Labute approximate surface area is 103 Å². The van der Waals surface area contributed by atoms with Gasteiger partial charge in [-0.25, -0.2) is 4.98 Å². The fourth-order valence-corrected chi connectivity index (χ4v) is 2.45. The fourth-order valence-electron chi connectivity index (χ4n) is 1.80. The molecule has 2 heterocycles. The predicted molar refractivity (Wildman–Crippen MR) is 71.3 cm³/mol. The van der Waals surface area contributed by atoms with Gasteiger partial charge in [0.05, 0.1) is 18.2 Å². The van der Waals surface area contributed by atoms with Crippen LogP contribution in [0.2, 0.25) is 0 Å². The lowest BCUT2D eigenvalue weighted by atomic mass is 10.2. The number of nitrogen functional groups attached to an aromatic ring is 1. The minimum absolute atomic E-state index is 0.757. The van der Waals surface area contributed by atoms with Gasteiger partial charge in [0.25, 0.3) is 0 Å². The maximum absolute atomic E-state index is 5.80. The second-order valence-corrected chi connectivity index (χ2v) is 4.54. The van der Waals surface area contributed by atoms with Gasteiger partial charge in [0.15, 0.2) is 0 Å². The molecule has 4 heteroatoms. The number of rotatable bonds is 2. The van der Waals surface area contributed by atoms with E-state index in [0.717, 1.165) is 17.1 Å². The summed E-state index contributed by atoms with van der Waals surface area (Å²) in [5.74, 6) is 0. The quantitative estimate of drug-likeness (QED) is 0.700. The SMILES string of the molecule is Nc1cccc(-n2cncc2-c2ccsc2)c1. The van der Waals surface area contributed by atoms with Crippen LogP contribution in [0.3, 0.4) is 0 Å². The number of aromatic nitrogens is 2. The number of benzene rings is 1. The largest absolute Gasteiger partial charge is 0.399 e. The number of thiophene rings is 1. The van der Waals surface area contributed by atoms with Gasteiger partial charge in [0.1, 0.15) is 0 Å². The Morgan fingerprint density at radius 1 is 1.24 bits per heavy atom. The van der Waals surface area contributed by atoms with Gasteiger partial charge in [-0.15, -0.1) is 0 Å². The van der Waals surface area contributed by atoms with Crippen LogP contribution < -0.4 is 5.73 Å². The zero-order valence-electron chi connectivity index (χ0n) is 9.08. The molecular formula is C13H11N3S. The van der Waals surface area contributed by atoms with Crippen LogP contribution in [0.25, 0.3) is 16.9 Å². The molecule has 3 aromatic rings. The van der Waals surface area contributed by atoms with Crippen LogP contribution in [0.4, 0.5) is 5.69 Å². The summed E-state index contributed by atoms with van der Waals surface area (Å²) in [4.78, 5) is 4.21. The molecule has 3 nitrogen and oxygen atoms in total. The third kappa shape index (κ3) is 1.83. The number of hydrogen-bond acceptors (Lipinski definition) is 3. The zero-order chi connectivity index (χ0) is 11.7. The molecule has 0 aliphatic heterocycles. The van der Waals surface area contributed by atoms with Crippen LogP contribution in [0.1, 0.15) is 0 Å². The molecule has 0 atom stereocenters. The molecule has 0 saturated carbocycles. The first kappa shape index (κ1) is 10.1. The highest BCUT2D eigenvalue weighted by Crippen LogP contribution is 2.25. The minimum atomic E-state index is 0.757. The Morgan fingerprint density at radius 2 is 2.18 bits per heavy atom. The molecule has 0 aliphatic carbocycles. The Bertz CT molecular complexity index is 626. The summed E-state index contributed by atoms with van der Waals surface area (Å²) in [6, 6.07) is 9.88. The lowest BCUT2D eigenvalue weighted by Crippen LogP contribution is -1.95. The van der Waals surface area contributed by atoms with Crippen LogP contribution in [0.15, 0.2) is 53.6 Å². The van der Waals surface area contributed by atoms with Gasteiger partial charge < -0.3 is 5.73 Å². The predicted octanol–water partition coefficient (Wildman–Crippen LogP) is 3.18. The summed E-state index contributed by atoms with van der Waals surface area (Å²) in [6.07, 6.45) is 3.67. The molecule has 3 rings (SSSR count). The van der Waals surface area contributed by atoms with E-state index in [2.05, 4.69) is 21.8 Å². The molecule has 0 saturated heterocycles. The van der Waals surface area contributed by atoms with Crippen molar-refractivity contribution in [2.45, 2.75) is 0 Å². The lowest BCUT2D eigenvalue weighted by Gasteiger charge is -2.07. The fraction of sp³-hybridized carbons (Fsp3) is 0. The van der Waals surface area contributed by atoms with Crippen molar-refractivity contribution >= 4 is 17.0 Å². The average Bonchev–Trinajstić information content (AvgIpc) is 3.00. The van der Waals surface area contributed by atoms with E-state index in [0.29, 0.717) is 0 Å². The van der Waals surface area contributed by atoms with Crippen LogP contribution in [0, 0.1) is 0 Å². The summed E-state index contributed by atoms with van der Waals surface area (Å²) in [6.45, 7) is 0. The summed E-state index contributed by atoms with van der Waals surface area (Å²) in [7, 11) is 0. The molecule has 1 aromatic carbocycles. The first-order valence-corrected chi connectivity index (χ1v) is 6.20. The van der Waals surface area contributed by atoms with E-state index in [1.54, 1.807) is 11.3 Å². The van der Waals surface area contributed by atoms with Crippen molar-refractivity contribution in [2.75, 3.05) is 5.73 Å². The molecule has 0 spiro atoms. The standard InChI is InChI=1S/C13H11N3S/c14-11-2-1-3-12(6-11)16-9-15-7-13(16)10-4-5-17-8-10/h1-9H,14H2. The van der Waals surface area contributed by atoms with Gasteiger partial charge >= 0.3 is 0 Å². The molecule has 17 heavy (non-hydrogen) atoms. The van der Waals surface area contributed by atoms with E-state index >= 15 is 0 Å². The van der Waals surface area contributed by atoms with E-state index in [4.69, 9.17) is 5.73 Å². The number of imidazole rings is 1. The summed E-state index contributed by atoms with van der Waals surface area (Å²) >= 11 is 1.68. The molecule has 0 radical (unpaired) electrons. The normalized spacial score (nSPS) is 10.6. The molecule has 0 bridgehead atoms. The Kier molecular flexibility index (Phi) is 2.42. The van der Waals surface area contributed by atoms with Crippen LogP contribution in [-0.4, -0.2) is 9.55 Å². The maximum Gasteiger partial charge on any atom is 0.0997 e. The molecule has 2 N–H and O–H groups in total. The second-order valence-electron chi connectivity index (χ2n) is 3.76. The smallest absolute Gasteiger partial charge is 0.0997 e. The lowest BCUT2D eigenvalue weighted by molar-refractivity contribution is 1.06. The molecule has 0 fully saturated rings. The van der Waals surface area contributed by atoms with Crippen molar-refractivity contribution in [1.82, 2.24) is 9.55 Å². The molecular weight excluding hydrogens is 230 g/mol. The zero-order valence-corrected chi connectivity index (χ0v) is 9.89. The first-order valence-electron chi connectivity index (χ1n) is 5.25. The van der Waals surface area contributed by atoms with Crippen LogP contribution >= 0.6 is 11.3 Å². The maximum atomic E-state index is 5.80. The van der Waals surface area contributed by atoms with Gasteiger partial charge in [-0.3, -0.25) is 4.57 Å². The van der Waals surface area contributed by atoms with Gasteiger partial charge in [-0.1, -0.05) is 6.07 Å². The van der Waals surface area contributed by atoms with Crippen LogP contribution in [-0.2, 0) is 0 Å². The Morgan fingerprint density at radius 3 is 2.94 bits per heavy atom. The summed E-state index contributed by atoms with van der Waals surface area (Å²) in [5.41, 5.74) is 9.85. The van der Waals surface area contributed by atoms with E-state index in [1.807, 2.05) is 41.4 Å². The van der Waals surface area contributed by atoms with Crippen molar-refractivity contribution in [3.8, 4) is 16.9 Å². The van der Waals surface area contributed by atoms with E-state index in [-0.39, 0.29) is 0 Å². The van der Waals surface area contributed by atoms with Crippen molar-refractivity contribution in [1.29, 1.82) is 0 Å². The van der Waals surface area contributed by atoms with Gasteiger partial charge in [-0.05, 0) is 29.6 Å². The van der Waals surface area contributed by atoms with Crippen molar-refractivity contribution < 1.29 is 0 Å². The highest BCUT2D eigenvalue weighted by molar-refractivity contribution is 7.08. The summed E-state index contributed by atoms with van der Waals surface area (Å²) < 4.78 is 2.04. The van der Waals surface area contributed by atoms with Gasteiger partial charge in [0, 0.05) is 22.3 Å². The minimum Gasteiger partial charge on any atom is -0.399 e. The number of nitrogens with two attached hydrogens (primary N) is 1. The number of nitrogens with zero attached hydrogens (tertiary/aromatic N) is 2. The number of hydrogen-bond donors (Lipinski definition) is 1. The van der Waals surface area contributed by atoms with Crippen LogP contribution in [0.5, 0.6) is 0 Å². The second kappa shape index (κ2) is 4.07. The van der Waals surface area contributed by atoms with Crippen molar-refractivity contribution in [2.24, 2.45) is 0 Å². The third-order valence-corrected chi connectivity index (χ3v) is 3.29. The van der Waals surface area contributed by atoms with Crippen molar-refractivity contribution in [3.05, 3.63) is 53.6 Å². The molecule has 84 valence electrons. The molecule has 2 aromatic heterocycles. The highest BCUT2D eigenvalue weighted by Gasteiger charge is 2.07. The third-order valence-electron chi connectivity index (χ3n) is 2.60. The van der Waals surface area contributed by atoms with Gasteiger partial charge in [0.2, 0.25) is 0 Å².